The SMILES string of the molecule is CC(C)(C)OC(C)(C)C.O=C(O)NCCc1ccc(Oc2ccnc(C(F)(F)F)c2)cc1. The average Bonchev–Trinajstić information content (AvgIpc) is 2.60. The summed E-state index contributed by atoms with van der Waals surface area (Å²) in [6.45, 7) is 12.7. The Labute approximate surface area is 186 Å². The van der Waals surface area contributed by atoms with Gasteiger partial charge in [-0.3, -0.25) is 4.98 Å². The monoisotopic (exact) mass is 456 g/mol. The summed E-state index contributed by atoms with van der Waals surface area (Å²) in [5.41, 5.74) is -0.181. The second-order valence-electron chi connectivity index (χ2n) is 8.93. The molecule has 1 aromatic heterocycles. The molecule has 0 bridgehead atoms. The van der Waals surface area contributed by atoms with Crippen LogP contribution in [-0.2, 0) is 17.3 Å². The van der Waals surface area contributed by atoms with Gasteiger partial charge in [0.2, 0.25) is 0 Å². The Morgan fingerprint density at radius 3 is 1.97 bits per heavy atom. The largest absolute Gasteiger partial charge is 0.465 e. The Morgan fingerprint density at radius 2 is 1.53 bits per heavy atom. The molecule has 2 aromatic rings. The van der Waals surface area contributed by atoms with Gasteiger partial charge >= 0.3 is 12.3 Å². The van der Waals surface area contributed by atoms with Crippen LogP contribution in [0.4, 0.5) is 18.0 Å². The Bertz CT molecular complexity index is 843. The van der Waals surface area contributed by atoms with Crippen molar-refractivity contribution in [3.8, 4) is 11.5 Å². The van der Waals surface area contributed by atoms with E-state index < -0.39 is 18.0 Å². The van der Waals surface area contributed by atoms with E-state index in [9.17, 15) is 18.0 Å². The molecule has 0 aliphatic heterocycles. The number of halogens is 3. The first-order valence-electron chi connectivity index (χ1n) is 10.0. The van der Waals surface area contributed by atoms with Gasteiger partial charge in [-0.05, 0) is 71.7 Å². The predicted octanol–water partition coefficient (Wildman–Crippen LogP) is 6.30. The topological polar surface area (TPSA) is 80.7 Å². The lowest BCUT2D eigenvalue weighted by molar-refractivity contribution is -0.141. The van der Waals surface area contributed by atoms with Crippen LogP contribution in [0.2, 0.25) is 0 Å². The summed E-state index contributed by atoms with van der Waals surface area (Å²) in [6, 6.07) is 8.79. The second kappa shape index (κ2) is 11.2. The number of nitrogens with zero attached hydrogens (tertiary/aromatic N) is 1. The zero-order valence-electron chi connectivity index (χ0n) is 19.2. The fourth-order valence-corrected chi connectivity index (χ4v) is 2.72. The van der Waals surface area contributed by atoms with Crippen molar-refractivity contribution in [3.63, 3.8) is 0 Å². The molecular weight excluding hydrogens is 425 g/mol. The van der Waals surface area contributed by atoms with E-state index in [1.807, 2.05) is 0 Å². The first kappa shape index (κ1) is 27.2. The van der Waals surface area contributed by atoms with Gasteiger partial charge in [-0.1, -0.05) is 12.1 Å². The van der Waals surface area contributed by atoms with E-state index in [4.69, 9.17) is 14.6 Å². The highest BCUT2D eigenvalue weighted by Crippen LogP contribution is 2.31. The molecule has 0 saturated heterocycles. The fourth-order valence-electron chi connectivity index (χ4n) is 2.72. The molecule has 0 aliphatic rings. The van der Waals surface area contributed by atoms with Crippen molar-refractivity contribution < 1.29 is 32.5 Å². The smallest absolute Gasteiger partial charge is 0.433 e. The summed E-state index contributed by atoms with van der Waals surface area (Å²) < 4.78 is 48.7. The molecule has 32 heavy (non-hydrogen) atoms. The third kappa shape index (κ3) is 12.1. The Hall–Kier alpha value is -2.81. The highest BCUT2D eigenvalue weighted by atomic mass is 19.4. The molecule has 9 heteroatoms. The number of nitrogens with one attached hydrogen (secondary N) is 1. The molecule has 0 aliphatic carbocycles. The summed E-state index contributed by atoms with van der Waals surface area (Å²) >= 11 is 0. The highest BCUT2D eigenvalue weighted by Gasteiger charge is 2.32. The van der Waals surface area contributed by atoms with E-state index in [-0.39, 0.29) is 23.5 Å². The van der Waals surface area contributed by atoms with Crippen LogP contribution in [0.3, 0.4) is 0 Å². The summed E-state index contributed by atoms with van der Waals surface area (Å²) in [5.74, 6) is 0.409. The van der Waals surface area contributed by atoms with Gasteiger partial charge in [0.25, 0.3) is 0 Å². The maximum Gasteiger partial charge on any atom is 0.433 e. The van der Waals surface area contributed by atoms with E-state index >= 15 is 0 Å². The molecule has 0 fully saturated rings. The first-order valence-corrected chi connectivity index (χ1v) is 10.0. The Morgan fingerprint density at radius 1 is 0.969 bits per heavy atom. The molecule has 6 nitrogen and oxygen atoms in total. The Balaban J connectivity index is 0.000000482. The van der Waals surface area contributed by atoms with Crippen molar-refractivity contribution in [1.29, 1.82) is 0 Å². The normalized spacial score (nSPS) is 11.9. The van der Waals surface area contributed by atoms with E-state index in [0.29, 0.717) is 12.2 Å². The average molecular weight is 457 g/mol. The van der Waals surface area contributed by atoms with Crippen LogP contribution < -0.4 is 10.1 Å². The minimum absolute atomic E-state index is 0.0156. The Kier molecular flexibility index (Phi) is 9.51. The number of hydrogen-bond donors (Lipinski definition) is 2. The number of carboxylic acid groups (broad SMARTS) is 1. The van der Waals surface area contributed by atoms with Crippen molar-refractivity contribution in [1.82, 2.24) is 10.3 Å². The van der Waals surface area contributed by atoms with E-state index in [1.165, 1.54) is 6.07 Å². The van der Waals surface area contributed by atoms with Gasteiger partial charge in [0.05, 0.1) is 11.2 Å². The number of pyridine rings is 1. The van der Waals surface area contributed by atoms with Gasteiger partial charge in [-0.25, -0.2) is 4.79 Å². The number of hydrogen-bond acceptors (Lipinski definition) is 4. The van der Waals surface area contributed by atoms with Crippen molar-refractivity contribution >= 4 is 6.09 Å². The van der Waals surface area contributed by atoms with E-state index in [1.54, 1.807) is 24.3 Å². The number of alkyl halides is 3. The van der Waals surface area contributed by atoms with Crippen molar-refractivity contribution in [2.75, 3.05) is 6.54 Å². The van der Waals surface area contributed by atoms with Crippen LogP contribution in [0.15, 0.2) is 42.6 Å². The molecule has 1 aromatic carbocycles. The molecule has 0 unspecified atom stereocenters. The summed E-state index contributed by atoms with van der Waals surface area (Å²) in [7, 11) is 0. The van der Waals surface area contributed by atoms with Crippen LogP contribution in [0.1, 0.15) is 52.8 Å². The second-order valence-corrected chi connectivity index (χ2v) is 8.93. The molecule has 0 radical (unpaired) electrons. The summed E-state index contributed by atoms with van der Waals surface area (Å²) in [5, 5.41) is 10.7. The van der Waals surface area contributed by atoms with Crippen LogP contribution in [-0.4, -0.2) is 33.9 Å². The van der Waals surface area contributed by atoms with Crippen LogP contribution in [0, 0.1) is 0 Å². The zero-order chi connectivity index (χ0) is 24.6. The molecular formula is C23H31F3N2O4. The number of amides is 1. The van der Waals surface area contributed by atoms with Gasteiger partial charge in [0.1, 0.15) is 17.2 Å². The van der Waals surface area contributed by atoms with Crippen LogP contribution >= 0.6 is 0 Å². The van der Waals surface area contributed by atoms with Gasteiger partial charge in [-0.15, -0.1) is 0 Å². The number of benzene rings is 1. The quantitative estimate of drug-likeness (QED) is 0.552. The van der Waals surface area contributed by atoms with E-state index in [0.717, 1.165) is 17.8 Å². The first-order chi connectivity index (χ1) is 14.5. The van der Waals surface area contributed by atoms with Gasteiger partial charge in [0.15, 0.2) is 0 Å². The molecule has 2 N–H and O–H groups in total. The molecule has 1 heterocycles. The predicted molar refractivity (Wildman–Crippen MR) is 116 cm³/mol. The lowest BCUT2D eigenvalue weighted by Gasteiger charge is -2.30. The molecule has 0 saturated carbocycles. The lowest BCUT2D eigenvalue weighted by atomic mass is 10.1. The maximum atomic E-state index is 12.6. The van der Waals surface area contributed by atoms with Crippen molar-refractivity contribution in [2.45, 2.75) is 65.3 Å². The maximum absolute atomic E-state index is 12.6. The van der Waals surface area contributed by atoms with Crippen LogP contribution in [0.5, 0.6) is 11.5 Å². The molecule has 178 valence electrons. The minimum Gasteiger partial charge on any atom is -0.465 e. The summed E-state index contributed by atoms with van der Waals surface area (Å²) in [4.78, 5) is 13.6. The number of ether oxygens (including phenoxy) is 2. The van der Waals surface area contributed by atoms with Gasteiger partial charge < -0.3 is 19.9 Å². The number of carbonyl (C=O) groups is 1. The highest BCUT2D eigenvalue weighted by molar-refractivity contribution is 5.64. The fraction of sp³-hybridized carbons (Fsp3) is 0.478. The minimum atomic E-state index is -4.53. The molecule has 2 rings (SSSR count). The van der Waals surface area contributed by atoms with Gasteiger partial charge in [-0.2, -0.15) is 13.2 Å². The molecule has 0 spiro atoms. The third-order valence-corrected chi connectivity index (χ3v) is 3.48. The standard InChI is InChI=1S/C15H13F3N2O3.C8H18O/c16-15(17,18)13-9-12(6-8-19-13)23-11-3-1-10(2-4-11)5-7-20-14(21)22;1-7(2,3)9-8(4,5)6/h1-4,6,8-9,20H,5,7H2,(H,21,22);1-6H3. The third-order valence-electron chi connectivity index (χ3n) is 3.48. The van der Waals surface area contributed by atoms with Crippen LogP contribution in [0.25, 0.3) is 0 Å². The zero-order valence-corrected chi connectivity index (χ0v) is 19.2. The number of aromatic nitrogens is 1. The van der Waals surface area contributed by atoms with Crippen molar-refractivity contribution in [2.24, 2.45) is 0 Å². The van der Waals surface area contributed by atoms with Gasteiger partial charge in [0, 0.05) is 18.8 Å². The summed E-state index contributed by atoms with van der Waals surface area (Å²) in [6.07, 6.45) is -4.09. The number of rotatable bonds is 5. The lowest BCUT2D eigenvalue weighted by Crippen LogP contribution is -2.31. The van der Waals surface area contributed by atoms with E-state index in [2.05, 4.69) is 51.8 Å². The van der Waals surface area contributed by atoms with Crippen molar-refractivity contribution in [3.05, 3.63) is 53.9 Å². The molecule has 1 amide bonds. The molecule has 0 atom stereocenters.